The molecular weight excluding hydrogens is 536 g/mol. The maximum Gasteiger partial charge on any atom is 0.436 e. The van der Waals surface area contributed by atoms with E-state index in [1.165, 1.54) is 17.9 Å². The number of benzene rings is 1. The average Bonchev–Trinajstić information content (AvgIpc) is 3.34. The Morgan fingerprint density at radius 1 is 1.31 bits per heavy atom. The number of halogens is 6. The molecule has 13 heteroatoms. The molecule has 1 saturated carbocycles. The van der Waals surface area contributed by atoms with Crippen LogP contribution in [-0.4, -0.2) is 30.5 Å². The van der Waals surface area contributed by atoms with Gasteiger partial charge in [-0.15, -0.1) is 5.10 Å². The fourth-order valence-corrected chi connectivity index (χ4v) is 4.48. The second-order valence-electron chi connectivity index (χ2n) is 7.43. The maximum absolute atomic E-state index is 13.3. The Kier molecular flexibility index (Phi) is 6.25. The van der Waals surface area contributed by atoms with Gasteiger partial charge in [0.05, 0.1) is 16.7 Å². The number of nitrogens with zero attached hydrogens (tertiary/aromatic N) is 5. The molecule has 1 aromatic carbocycles. The summed E-state index contributed by atoms with van der Waals surface area (Å²) >= 11 is 15.1. The summed E-state index contributed by atoms with van der Waals surface area (Å²) in [5.74, 6) is -0.634. The first kappa shape index (κ1) is 23.1. The molecule has 1 amide bonds. The van der Waals surface area contributed by atoms with Crippen molar-refractivity contribution in [3.8, 4) is 0 Å². The third-order valence-electron chi connectivity index (χ3n) is 4.99. The quantitative estimate of drug-likeness (QED) is 0.427. The van der Waals surface area contributed by atoms with E-state index in [0.717, 1.165) is 23.1 Å². The lowest BCUT2D eigenvalue weighted by molar-refractivity contribution is -0.142. The van der Waals surface area contributed by atoms with E-state index in [1.54, 1.807) is 18.2 Å². The van der Waals surface area contributed by atoms with Crippen molar-refractivity contribution in [2.45, 2.75) is 44.4 Å². The largest absolute Gasteiger partial charge is 0.436 e. The van der Waals surface area contributed by atoms with Crippen LogP contribution in [0, 0.1) is 0 Å². The second kappa shape index (κ2) is 8.68. The fourth-order valence-electron chi connectivity index (χ4n) is 3.21. The molecule has 4 rings (SSSR count). The minimum Gasteiger partial charge on any atom is -0.291 e. The summed E-state index contributed by atoms with van der Waals surface area (Å²) in [6.07, 6.45) is -1.73. The van der Waals surface area contributed by atoms with Gasteiger partial charge in [0.25, 0.3) is 5.91 Å². The third-order valence-corrected chi connectivity index (χ3v) is 6.35. The molecular formula is C19H16BrCl2F3N6O. The van der Waals surface area contributed by atoms with Crippen molar-refractivity contribution in [1.29, 1.82) is 0 Å². The molecule has 2 aromatic heterocycles. The Bertz CT molecular complexity index is 1170. The van der Waals surface area contributed by atoms with Crippen LogP contribution in [0.5, 0.6) is 0 Å². The van der Waals surface area contributed by atoms with Crippen molar-refractivity contribution < 1.29 is 18.0 Å². The summed E-state index contributed by atoms with van der Waals surface area (Å²) in [5, 5.41) is 11.4. The number of nitrogens with one attached hydrogen (secondary N) is 1. The van der Waals surface area contributed by atoms with Crippen LogP contribution in [0.4, 0.5) is 19.1 Å². The van der Waals surface area contributed by atoms with Gasteiger partial charge in [0.15, 0.2) is 5.69 Å². The Balaban J connectivity index is 1.50. The second-order valence-corrected chi connectivity index (χ2v) is 9.07. The smallest absolute Gasteiger partial charge is 0.291 e. The van der Waals surface area contributed by atoms with Gasteiger partial charge >= 0.3 is 6.18 Å². The molecule has 1 atom stereocenters. The predicted octanol–water partition coefficient (Wildman–Crippen LogP) is 5.69. The molecule has 0 saturated heterocycles. The highest BCUT2D eigenvalue weighted by Gasteiger charge is 2.43. The number of hydrogen-bond acceptors (Lipinski definition) is 4. The summed E-state index contributed by atoms with van der Waals surface area (Å²) in [6.45, 7) is 1.77. The third kappa shape index (κ3) is 4.79. The van der Waals surface area contributed by atoms with Crippen LogP contribution in [-0.2, 0) is 17.5 Å². The Hall–Kier alpha value is -2.11. The van der Waals surface area contributed by atoms with Crippen molar-refractivity contribution in [1.82, 2.24) is 24.5 Å². The molecule has 0 bridgehead atoms. The predicted molar refractivity (Wildman–Crippen MR) is 116 cm³/mol. The molecule has 1 fully saturated rings. The topological polar surface area (TPSA) is 77.6 Å². The molecule has 3 aromatic rings. The summed E-state index contributed by atoms with van der Waals surface area (Å²) in [6, 6.07) is 4.05. The molecule has 32 heavy (non-hydrogen) atoms. The number of carbonyl (C=O) groups excluding carboxylic acids is 1. The van der Waals surface area contributed by atoms with E-state index in [1.807, 2.05) is 0 Å². The van der Waals surface area contributed by atoms with Crippen LogP contribution < -0.4 is 5.32 Å². The molecule has 0 spiro atoms. The highest BCUT2D eigenvalue weighted by molar-refractivity contribution is 9.10. The first-order valence-electron chi connectivity index (χ1n) is 9.54. The van der Waals surface area contributed by atoms with Gasteiger partial charge in [0.1, 0.15) is 12.4 Å². The molecule has 2 heterocycles. The molecule has 170 valence electrons. The average molecular weight is 552 g/mol. The van der Waals surface area contributed by atoms with Crippen molar-refractivity contribution in [2.75, 3.05) is 5.32 Å². The van der Waals surface area contributed by atoms with Crippen molar-refractivity contribution in [3.05, 3.63) is 56.0 Å². The number of aromatic nitrogens is 5. The molecule has 1 unspecified atom stereocenters. The zero-order valence-corrected chi connectivity index (χ0v) is 19.6. The first-order chi connectivity index (χ1) is 15.0. The number of carbonyl (C=O) groups is 1. The molecule has 0 aliphatic heterocycles. The van der Waals surface area contributed by atoms with Crippen LogP contribution in [0.2, 0.25) is 10.0 Å². The lowest BCUT2D eigenvalue weighted by Crippen LogP contribution is -2.26. The number of anilines is 1. The maximum atomic E-state index is 13.3. The SMILES string of the molecule is CC(C(=O)Nc1ncn(Cc2ccc(Cl)cc2Cl)n1)n1nc(C(F)(F)F)c(Br)c1C1CC1. The van der Waals surface area contributed by atoms with Crippen molar-refractivity contribution >= 4 is 51.0 Å². The molecule has 1 aliphatic rings. The normalized spacial score (nSPS) is 15.1. The molecule has 1 N–H and O–H groups in total. The van der Waals surface area contributed by atoms with E-state index in [9.17, 15) is 18.0 Å². The summed E-state index contributed by atoms with van der Waals surface area (Å²) in [7, 11) is 0. The zero-order valence-electron chi connectivity index (χ0n) is 16.5. The Morgan fingerprint density at radius 3 is 2.66 bits per heavy atom. The van der Waals surface area contributed by atoms with E-state index in [0.29, 0.717) is 22.3 Å². The number of hydrogen-bond donors (Lipinski definition) is 1. The number of alkyl halides is 3. The van der Waals surface area contributed by atoms with Gasteiger partial charge in [-0.1, -0.05) is 29.3 Å². The summed E-state index contributed by atoms with van der Waals surface area (Å²) in [5.41, 5.74) is 0.0829. The first-order valence-corrected chi connectivity index (χ1v) is 11.1. The lowest BCUT2D eigenvalue weighted by Gasteiger charge is -2.14. The lowest BCUT2D eigenvalue weighted by atomic mass is 10.2. The van der Waals surface area contributed by atoms with Gasteiger partial charge in [-0.3, -0.25) is 14.8 Å². The highest BCUT2D eigenvalue weighted by atomic mass is 79.9. The zero-order chi connectivity index (χ0) is 23.2. The van der Waals surface area contributed by atoms with Crippen LogP contribution >= 0.6 is 39.1 Å². The van der Waals surface area contributed by atoms with E-state index in [-0.39, 0.29) is 16.3 Å². The van der Waals surface area contributed by atoms with Crippen molar-refractivity contribution in [2.24, 2.45) is 0 Å². The monoisotopic (exact) mass is 550 g/mol. The Labute approximate surface area is 199 Å². The van der Waals surface area contributed by atoms with E-state index < -0.39 is 23.8 Å². The summed E-state index contributed by atoms with van der Waals surface area (Å²) in [4.78, 5) is 16.8. The van der Waals surface area contributed by atoms with Gasteiger partial charge in [-0.2, -0.15) is 18.3 Å². The molecule has 7 nitrogen and oxygen atoms in total. The van der Waals surface area contributed by atoms with Crippen LogP contribution in [0.3, 0.4) is 0 Å². The van der Waals surface area contributed by atoms with Gasteiger partial charge in [-0.05, 0) is 53.4 Å². The van der Waals surface area contributed by atoms with Crippen LogP contribution in [0.15, 0.2) is 29.0 Å². The summed E-state index contributed by atoms with van der Waals surface area (Å²) < 4.78 is 42.5. The Morgan fingerprint density at radius 2 is 2.03 bits per heavy atom. The van der Waals surface area contributed by atoms with Gasteiger partial charge in [0, 0.05) is 16.0 Å². The fraction of sp³-hybridized carbons (Fsp3) is 0.368. The van der Waals surface area contributed by atoms with Gasteiger partial charge < -0.3 is 0 Å². The van der Waals surface area contributed by atoms with E-state index in [4.69, 9.17) is 23.2 Å². The number of amides is 1. The molecule has 1 aliphatic carbocycles. The standard InChI is InChI=1S/C19H16BrCl2F3N6O/c1-9(31-15(10-2-3-10)14(20)16(28-31)19(23,24)25)17(32)27-18-26-8-30(29-18)7-11-4-5-12(21)6-13(11)22/h4-6,8-10H,2-3,7H2,1H3,(H,27,29,32). The minimum atomic E-state index is -4.63. The van der Waals surface area contributed by atoms with Crippen LogP contribution in [0.25, 0.3) is 0 Å². The minimum absolute atomic E-state index is 0.0159. The van der Waals surface area contributed by atoms with E-state index in [2.05, 4.69) is 36.4 Å². The number of rotatable bonds is 6. The van der Waals surface area contributed by atoms with Gasteiger partial charge in [0.2, 0.25) is 5.95 Å². The molecule has 0 radical (unpaired) electrons. The van der Waals surface area contributed by atoms with Gasteiger partial charge in [-0.25, -0.2) is 9.67 Å². The van der Waals surface area contributed by atoms with E-state index >= 15 is 0 Å². The highest BCUT2D eigenvalue weighted by Crippen LogP contribution is 2.47. The van der Waals surface area contributed by atoms with Crippen LogP contribution in [0.1, 0.15) is 48.7 Å². The van der Waals surface area contributed by atoms with Crippen molar-refractivity contribution in [3.63, 3.8) is 0 Å².